The van der Waals surface area contributed by atoms with Crippen molar-refractivity contribution in [3.8, 4) is 11.8 Å². The lowest BCUT2D eigenvalue weighted by molar-refractivity contribution is -0.117. The molecule has 4 nitrogen and oxygen atoms in total. The van der Waals surface area contributed by atoms with Gasteiger partial charge in [-0.3, -0.25) is 4.79 Å². The summed E-state index contributed by atoms with van der Waals surface area (Å²) in [5, 5.41) is 13.8. The standard InChI is InChI=1S/C21H18N2O2/c1-14(21(24)23-19-8-3-15(13-22)4-9-19)16-5-6-18-12-20(25-2)10-7-17(18)11-16/h3-12,14H,1-2H3,(H,23,24)/t14-/m0/s1. The van der Waals surface area contributed by atoms with Gasteiger partial charge in [-0.15, -0.1) is 0 Å². The number of nitrogens with zero attached hydrogens (tertiary/aromatic N) is 1. The van der Waals surface area contributed by atoms with Crippen molar-refractivity contribution < 1.29 is 9.53 Å². The molecule has 0 saturated heterocycles. The van der Waals surface area contributed by atoms with Gasteiger partial charge in [-0.05, 0) is 59.7 Å². The molecule has 0 heterocycles. The molecule has 0 fully saturated rings. The lowest BCUT2D eigenvalue weighted by Gasteiger charge is -2.14. The van der Waals surface area contributed by atoms with Gasteiger partial charge in [0, 0.05) is 5.69 Å². The molecule has 0 aliphatic carbocycles. The van der Waals surface area contributed by atoms with E-state index in [2.05, 4.69) is 11.4 Å². The monoisotopic (exact) mass is 330 g/mol. The van der Waals surface area contributed by atoms with Gasteiger partial charge in [0.25, 0.3) is 0 Å². The maximum absolute atomic E-state index is 12.5. The number of nitrogens with one attached hydrogen (secondary N) is 1. The Labute approximate surface area is 146 Å². The van der Waals surface area contributed by atoms with Crippen molar-refractivity contribution in [2.24, 2.45) is 0 Å². The van der Waals surface area contributed by atoms with Crippen LogP contribution in [0.25, 0.3) is 10.8 Å². The smallest absolute Gasteiger partial charge is 0.231 e. The molecule has 3 rings (SSSR count). The number of methoxy groups -OCH3 is 1. The zero-order chi connectivity index (χ0) is 17.8. The van der Waals surface area contributed by atoms with Gasteiger partial charge in [-0.1, -0.05) is 24.3 Å². The van der Waals surface area contributed by atoms with Crippen LogP contribution in [0, 0.1) is 11.3 Å². The summed E-state index contributed by atoms with van der Waals surface area (Å²) >= 11 is 0. The molecule has 0 saturated carbocycles. The Kier molecular flexibility index (Phi) is 4.67. The molecule has 25 heavy (non-hydrogen) atoms. The second kappa shape index (κ2) is 7.06. The lowest BCUT2D eigenvalue weighted by Crippen LogP contribution is -2.18. The molecule has 0 bridgehead atoms. The minimum atomic E-state index is -0.290. The zero-order valence-electron chi connectivity index (χ0n) is 14.1. The molecular formula is C21H18N2O2. The van der Waals surface area contributed by atoms with E-state index in [4.69, 9.17) is 10.00 Å². The fourth-order valence-electron chi connectivity index (χ4n) is 2.67. The Balaban J connectivity index is 1.79. The van der Waals surface area contributed by atoms with E-state index < -0.39 is 0 Å². The number of benzene rings is 3. The summed E-state index contributed by atoms with van der Waals surface area (Å²) in [6.45, 7) is 1.88. The van der Waals surface area contributed by atoms with Gasteiger partial charge in [-0.2, -0.15) is 5.26 Å². The van der Waals surface area contributed by atoms with Crippen LogP contribution in [-0.2, 0) is 4.79 Å². The highest BCUT2D eigenvalue weighted by Gasteiger charge is 2.16. The first-order valence-electron chi connectivity index (χ1n) is 7.99. The van der Waals surface area contributed by atoms with Crippen LogP contribution in [0.5, 0.6) is 5.75 Å². The maximum Gasteiger partial charge on any atom is 0.231 e. The van der Waals surface area contributed by atoms with Gasteiger partial charge >= 0.3 is 0 Å². The van der Waals surface area contributed by atoms with Crippen LogP contribution in [0.3, 0.4) is 0 Å². The molecule has 1 N–H and O–H groups in total. The van der Waals surface area contributed by atoms with Gasteiger partial charge < -0.3 is 10.1 Å². The summed E-state index contributed by atoms with van der Waals surface area (Å²) in [6, 6.07) is 20.8. The Morgan fingerprint density at radius 3 is 2.40 bits per heavy atom. The van der Waals surface area contributed by atoms with Crippen molar-refractivity contribution in [1.82, 2.24) is 0 Å². The number of rotatable bonds is 4. The average molecular weight is 330 g/mol. The molecule has 0 aliphatic rings. The van der Waals surface area contributed by atoms with Crippen LogP contribution >= 0.6 is 0 Å². The summed E-state index contributed by atoms with van der Waals surface area (Å²) in [6.07, 6.45) is 0. The van der Waals surface area contributed by atoms with E-state index in [9.17, 15) is 4.79 Å². The maximum atomic E-state index is 12.5. The van der Waals surface area contributed by atoms with Crippen LogP contribution in [-0.4, -0.2) is 13.0 Å². The highest BCUT2D eigenvalue weighted by Crippen LogP contribution is 2.26. The van der Waals surface area contributed by atoms with Crippen molar-refractivity contribution >= 4 is 22.4 Å². The van der Waals surface area contributed by atoms with E-state index in [0.717, 1.165) is 22.1 Å². The Morgan fingerprint density at radius 2 is 1.72 bits per heavy atom. The normalized spacial score (nSPS) is 11.6. The third kappa shape index (κ3) is 3.61. The van der Waals surface area contributed by atoms with Crippen molar-refractivity contribution in [1.29, 1.82) is 5.26 Å². The van der Waals surface area contributed by atoms with E-state index in [1.54, 1.807) is 31.4 Å². The molecule has 0 unspecified atom stereocenters. The van der Waals surface area contributed by atoms with Crippen LogP contribution in [0.2, 0.25) is 0 Å². The minimum Gasteiger partial charge on any atom is -0.497 e. The fourth-order valence-corrected chi connectivity index (χ4v) is 2.67. The van der Waals surface area contributed by atoms with Crippen molar-refractivity contribution in [2.75, 3.05) is 12.4 Å². The summed E-state index contributed by atoms with van der Waals surface area (Å²) in [5.41, 5.74) is 2.20. The molecule has 124 valence electrons. The largest absolute Gasteiger partial charge is 0.497 e. The second-order valence-electron chi connectivity index (χ2n) is 5.87. The first kappa shape index (κ1) is 16.5. The van der Waals surface area contributed by atoms with Crippen molar-refractivity contribution in [3.63, 3.8) is 0 Å². The third-order valence-corrected chi connectivity index (χ3v) is 4.25. The van der Waals surface area contributed by atoms with E-state index in [1.807, 2.05) is 43.3 Å². The van der Waals surface area contributed by atoms with Crippen molar-refractivity contribution in [3.05, 3.63) is 71.8 Å². The molecule has 4 heteroatoms. The molecule has 3 aromatic carbocycles. The number of fused-ring (bicyclic) bond motifs is 1. The van der Waals surface area contributed by atoms with E-state index in [0.29, 0.717) is 11.3 Å². The molecule has 0 aromatic heterocycles. The van der Waals surface area contributed by atoms with E-state index >= 15 is 0 Å². The summed E-state index contributed by atoms with van der Waals surface area (Å²) in [4.78, 5) is 12.5. The second-order valence-corrected chi connectivity index (χ2v) is 5.87. The number of carbonyl (C=O) groups excluding carboxylic acids is 1. The van der Waals surface area contributed by atoms with Gasteiger partial charge in [0.15, 0.2) is 0 Å². The molecule has 0 aliphatic heterocycles. The average Bonchev–Trinajstić information content (AvgIpc) is 2.67. The number of anilines is 1. The molecule has 0 spiro atoms. The highest BCUT2D eigenvalue weighted by molar-refractivity contribution is 5.96. The molecule has 0 radical (unpaired) electrons. The predicted octanol–water partition coefficient (Wildman–Crippen LogP) is 4.46. The highest BCUT2D eigenvalue weighted by atomic mass is 16.5. The molecule has 1 amide bonds. The van der Waals surface area contributed by atoms with E-state index in [1.165, 1.54) is 0 Å². The fraction of sp³-hybridized carbons (Fsp3) is 0.143. The number of hydrogen-bond donors (Lipinski definition) is 1. The molecule has 3 aromatic rings. The number of nitriles is 1. The first-order valence-corrected chi connectivity index (χ1v) is 7.99. The van der Waals surface area contributed by atoms with Crippen LogP contribution in [0.4, 0.5) is 5.69 Å². The lowest BCUT2D eigenvalue weighted by atomic mass is 9.97. The van der Waals surface area contributed by atoms with Crippen molar-refractivity contribution in [2.45, 2.75) is 12.8 Å². The van der Waals surface area contributed by atoms with Crippen LogP contribution in [0.15, 0.2) is 60.7 Å². The number of hydrogen-bond acceptors (Lipinski definition) is 3. The van der Waals surface area contributed by atoms with Crippen LogP contribution < -0.4 is 10.1 Å². The predicted molar refractivity (Wildman–Crippen MR) is 98.7 cm³/mol. The summed E-state index contributed by atoms with van der Waals surface area (Å²) < 4.78 is 5.24. The number of carbonyl (C=O) groups is 1. The SMILES string of the molecule is COc1ccc2cc([C@H](C)C(=O)Nc3ccc(C#N)cc3)ccc2c1. The van der Waals surface area contributed by atoms with Gasteiger partial charge in [0.2, 0.25) is 5.91 Å². The third-order valence-electron chi connectivity index (χ3n) is 4.25. The summed E-state index contributed by atoms with van der Waals surface area (Å²) in [5.74, 6) is 0.437. The van der Waals surface area contributed by atoms with Gasteiger partial charge in [0.05, 0.1) is 24.7 Å². The first-order chi connectivity index (χ1) is 12.1. The number of amides is 1. The van der Waals surface area contributed by atoms with E-state index in [-0.39, 0.29) is 11.8 Å². The van der Waals surface area contributed by atoms with Crippen LogP contribution in [0.1, 0.15) is 24.0 Å². The Hall–Kier alpha value is -3.32. The number of ether oxygens (including phenoxy) is 1. The van der Waals surface area contributed by atoms with Gasteiger partial charge in [-0.25, -0.2) is 0 Å². The Morgan fingerprint density at radius 1 is 1.04 bits per heavy atom. The minimum absolute atomic E-state index is 0.0856. The zero-order valence-corrected chi connectivity index (χ0v) is 14.1. The quantitative estimate of drug-likeness (QED) is 0.768. The van der Waals surface area contributed by atoms with Gasteiger partial charge in [0.1, 0.15) is 5.75 Å². The topological polar surface area (TPSA) is 62.1 Å². The Bertz CT molecular complexity index is 956. The molecule has 1 atom stereocenters. The summed E-state index contributed by atoms with van der Waals surface area (Å²) in [7, 11) is 1.64. The molecular weight excluding hydrogens is 312 g/mol.